The molecule has 23 heavy (non-hydrogen) atoms. The molecular weight excluding hydrogens is 286 g/mol. The van der Waals surface area contributed by atoms with Crippen LogP contribution in [0.15, 0.2) is 16.8 Å². The van der Waals surface area contributed by atoms with Gasteiger partial charge in [0.15, 0.2) is 0 Å². The second kappa shape index (κ2) is 5.11. The van der Waals surface area contributed by atoms with E-state index in [-0.39, 0.29) is 5.41 Å². The molecule has 3 nitrogen and oxygen atoms in total. The van der Waals surface area contributed by atoms with Gasteiger partial charge in [-0.25, -0.2) is 0 Å². The number of terminal acetylenes is 1. The molecule has 0 spiro atoms. The van der Waals surface area contributed by atoms with E-state index in [2.05, 4.69) is 24.1 Å². The van der Waals surface area contributed by atoms with Gasteiger partial charge in [0, 0.05) is 5.41 Å². The molecular formula is C20H27NO2. The van der Waals surface area contributed by atoms with Crippen molar-refractivity contribution in [2.45, 2.75) is 63.9 Å². The molecule has 4 rings (SSSR count). The van der Waals surface area contributed by atoms with Crippen molar-refractivity contribution in [1.82, 2.24) is 0 Å². The number of rotatable bonds is 0. The molecule has 3 saturated carbocycles. The molecule has 0 aromatic rings. The van der Waals surface area contributed by atoms with E-state index in [9.17, 15) is 5.11 Å². The highest BCUT2D eigenvalue weighted by Crippen LogP contribution is 2.64. The van der Waals surface area contributed by atoms with Gasteiger partial charge in [-0.3, -0.25) is 0 Å². The van der Waals surface area contributed by atoms with Crippen LogP contribution in [0.1, 0.15) is 58.3 Å². The molecule has 0 aliphatic heterocycles. The summed E-state index contributed by atoms with van der Waals surface area (Å²) >= 11 is 0. The Bertz CT molecular complexity index is 616. The average molecular weight is 313 g/mol. The van der Waals surface area contributed by atoms with E-state index in [0.717, 1.165) is 50.2 Å². The van der Waals surface area contributed by atoms with Crippen LogP contribution >= 0.6 is 0 Å². The zero-order valence-electron chi connectivity index (χ0n) is 14.0. The average Bonchev–Trinajstić information content (AvgIpc) is 2.86. The molecule has 4 aliphatic rings. The molecule has 0 radical (unpaired) electrons. The molecule has 3 fully saturated rings. The number of fused-ring (bicyclic) bond motifs is 5. The largest absolute Gasteiger partial charge is 0.411 e. The first-order valence-corrected chi connectivity index (χ1v) is 9.14. The van der Waals surface area contributed by atoms with Crippen molar-refractivity contribution in [3.63, 3.8) is 0 Å². The lowest BCUT2D eigenvalue weighted by Crippen LogP contribution is -2.52. The Morgan fingerprint density at radius 1 is 1.17 bits per heavy atom. The minimum Gasteiger partial charge on any atom is -0.411 e. The van der Waals surface area contributed by atoms with Gasteiger partial charge in [0.1, 0.15) is 5.60 Å². The van der Waals surface area contributed by atoms with Crippen molar-refractivity contribution in [3.05, 3.63) is 11.6 Å². The van der Waals surface area contributed by atoms with Crippen LogP contribution < -0.4 is 0 Å². The number of oxime groups is 1. The first-order valence-electron chi connectivity index (χ1n) is 9.14. The first kappa shape index (κ1) is 15.3. The van der Waals surface area contributed by atoms with Gasteiger partial charge < -0.3 is 10.3 Å². The standard InChI is InChI=1S/C20H27NO2/c1-3-20(22)11-9-18-17-6-4-13-12-14(21-23)5-7-15(13)16(17)8-10-19(18,20)2/h1,12,15-18,22-23H,4-11H2,2H3/t15-,16+,17+,18-,19-,20-/m0/s1. The highest BCUT2D eigenvalue weighted by atomic mass is 16.4. The van der Waals surface area contributed by atoms with E-state index in [1.54, 1.807) is 0 Å². The van der Waals surface area contributed by atoms with Crippen LogP contribution in [0, 0.1) is 41.4 Å². The second-order valence-corrected chi connectivity index (χ2v) is 8.43. The normalized spacial score (nSPS) is 50.5. The fourth-order valence-corrected chi connectivity index (χ4v) is 6.53. The maximum absolute atomic E-state index is 11.0. The van der Waals surface area contributed by atoms with Crippen LogP contribution in [0.2, 0.25) is 0 Å². The summed E-state index contributed by atoms with van der Waals surface area (Å²) < 4.78 is 0. The zero-order valence-corrected chi connectivity index (χ0v) is 14.0. The van der Waals surface area contributed by atoms with Crippen LogP contribution in [0.4, 0.5) is 0 Å². The Kier molecular flexibility index (Phi) is 3.39. The molecule has 6 atom stereocenters. The molecule has 0 saturated heterocycles. The van der Waals surface area contributed by atoms with Crippen molar-refractivity contribution in [2.75, 3.05) is 0 Å². The number of aliphatic hydroxyl groups is 1. The maximum atomic E-state index is 11.0. The number of allylic oxidation sites excluding steroid dienone is 2. The van der Waals surface area contributed by atoms with Crippen molar-refractivity contribution >= 4 is 5.71 Å². The van der Waals surface area contributed by atoms with E-state index in [0.29, 0.717) is 17.8 Å². The smallest absolute Gasteiger partial charge is 0.130 e. The highest BCUT2D eigenvalue weighted by molar-refractivity contribution is 5.96. The summed E-state index contributed by atoms with van der Waals surface area (Å²) in [6.07, 6.45) is 16.3. The molecule has 3 heteroatoms. The summed E-state index contributed by atoms with van der Waals surface area (Å²) in [6, 6.07) is 0. The Morgan fingerprint density at radius 2 is 2.00 bits per heavy atom. The van der Waals surface area contributed by atoms with Crippen molar-refractivity contribution in [1.29, 1.82) is 0 Å². The van der Waals surface area contributed by atoms with Gasteiger partial charge in [-0.1, -0.05) is 23.6 Å². The quantitative estimate of drug-likeness (QED) is 0.406. The molecule has 0 heterocycles. The van der Waals surface area contributed by atoms with E-state index < -0.39 is 5.60 Å². The van der Waals surface area contributed by atoms with E-state index >= 15 is 0 Å². The Hall–Kier alpha value is -1.27. The summed E-state index contributed by atoms with van der Waals surface area (Å²) in [5.41, 5.74) is 1.34. The monoisotopic (exact) mass is 313 g/mol. The van der Waals surface area contributed by atoms with E-state index in [1.807, 2.05) is 0 Å². The third kappa shape index (κ3) is 1.97. The summed E-state index contributed by atoms with van der Waals surface area (Å²) in [5.74, 6) is 5.40. The lowest BCUT2D eigenvalue weighted by atomic mass is 9.50. The van der Waals surface area contributed by atoms with Gasteiger partial charge in [0.2, 0.25) is 0 Å². The van der Waals surface area contributed by atoms with Crippen LogP contribution in [-0.4, -0.2) is 21.6 Å². The molecule has 0 unspecified atom stereocenters. The summed E-state index contributed by atoms with van der Waals surface area (Å²) in [6.45, 7) is 2.24. The third-order valence-corrected chi connectivity index (χ3v) is 7.83. The van der Waals surface area contributed by atoms with Gasteiger partial charge >= 0.3 is 0 Å². The molecule has 0 amide bonds. The van der Waals surface area contributed by atoms with Crippen LogP contribution in [-0.2, 0) is 0 Å². The van der Waals surface area contributed by atoms with Crippen LogP contribution in [0.25, 0.3) is 0 Å². The number of hydrogen-bond acceptors (Lipinski definition) is 3. The lowest BCUT2D eigenvalue weighted by Gasteiger charge is -2.54. The third-order valence-electron chi connectivity index (χ3n) is 7.83. The number of nitrogens with zero attached hydrogens (tertiary/aromatic N) is 1. The van der Waals surface area contributed by atoms with E-state index in [4.69, 9.17) is 11.6 Å². The predicted molar refractivity (Wildman–Crippen MR) is 90.1 cm³/mol. The van der Waals surface area contributed by atoms with Gasteiger partial charge in [-0.2, -0.15) is 0 Å². The summed E-state index contributed by atoms with van der Waals surface area (Å²) in [5, 5.41) is 23.4. The summed E-state index contributed by atoms with van der Waals surface area (Å²) in [7, 11) is 0. The Balaban J connectivity index is 1.63. The van der Waals surface area contributed by atoms with Crippen molar-refractivity contribution in [2.24, 2.45) is 34.2 Å². The zero-order chi connectivity index (χ0) is 16.2. The lowest BCUT2D eigenvalue weighted by molar-refractivity contribution is -0.0852. The van der Waals surface area contributed by atoms with Gasteiger partial charge in [0.25, 0.3) is 0 Å². The Labute approximate surface area is 138 Å². The molecule has 0 aromatic heterocycles. The van der Waals surface area contributed by atoms with Gasteiger partial charge in [-0.15, -0.1) is 6.42 Å². The minimum atomic E-state index is -0.901. The second-order valence-electron chi connectivity index (χ2n) is 8.43. The maximum Gasteiger partial charge on any atom is 0.130 e. The molecule has 0 aromatic carbocycles. The fraction of sp³-hybridized carbons (Fsp3) is 0.750. The Morgan fingerprint density at radius 3 is 2.74 bits per heavy atom. The van der Waals surface area contributed by atoms with Gasteiger partial charge in [0.05, 0.1) is 5.71 Å². The van der Waals surface area contributed by atoms with Crippen LogP contribution in [0.5, 0.6) is 0 Å². The van der Waals surface area contributed by atoms with Crippen molar-refractivity contribution < 1.29 is 10.3 Å². The molecule has 0 bridgehead atoms. The molecule has 4 aliphatic carbocycles. The topological polar surface area (TPSA) is 52.8 Å². The highest BCUT2D eigenvalue weighted by Gasteiger charge is 2.61. The van der Waals surface area contributed by atoms with E-state index in [1.165, 1.54) is 18.4 Å². The fourth-order valence-electron chi connectivity index (χ4n) is 6.53. The minimum absolute atomic E-state index is 0.101. The van der Waals surface area contributed by atoms with Crippen LogP contribution in [0.3, 0.4) is 0 Å². The molecule has 2 N–H and O–H groups in total. The SMILES string of the molecule is C#C[C@]1(O)CC[C@H]2[C@@H]3CCC4=CC(=NO)CC[C@@H]4[C@H]3CC[C@@]21C. The predicted octanol–water partition coefficient (Wildman–Crippen LogP) is 3.75. The molecule has 124 valence electrons. The summed E-state index contributed by atoms with van der Waals surface area (Å²) in [4.78, 5) is 0. The van der Waals surface area contributed by atoms with Crippen molar-refractivity contribution in [3.8, 4) is 12.3 Å². The van der Waals surface area contributed by atoms with Gasteiger partial charge in [-0.05, 0) is 81.1 Å². The number of hydrogen-bond donors (Lipinski definition) is 2. The first-order chi connectivity index (χ1) is 11.0.